The minimum Gasteiger partial charge on any atom is -0.459 e. The number of nitrogens with zero attached hydrogens (tertiary/aromatic N) is 2. The van der Waals surface area contributed by atoms with E-state index in [9.17, 15) is 9.59 Å². The Bertz CT molecular complexity index is 1000. The first kappa shape index (κ1) is 19.2. The van der Waals surface area contributed by atoms with Crippen LogP contribution in [0.3, 0.4) is 0 Å². The Morgan fingerprint density at radius 2 is 2.21 bits per heavy atom. The van der Waals surface area contributed by atoms with Crippen molar-refractivity contribution in [3.05, 3.63) is 48.2 Å². The highest BCUT2D eigenvalue weighted by atomic mass is 16.5. The van der Waals surface area contributed by atoms with Gasteiger partial charge in [0.25, 0.3) is 5.91 Å². The molecule has 1 atom stereocenters. The molecule has 2 amide bonds. The van der Waals surface area contributed by atoms with Crippen molar-refractivity contribution in [2.45, 2.75) is 31.8 Å². The number of carbonyl (C=O) groups is 2. The number of furan rings is 1. The molecule has 1 fully saturated rings. The minimum atomic E-state index is -0.299. The van der Waals surface area contributed by atoms with Crippen molar-refractivity contribution >= 4 is 28.5 Å². The quantitative estimate of drug-likeness (QED) is 0.598. The van der Waals surface area contributed by atoms with Crippen molar-refractivity contribution in [2.24, 2.45) is 7.05 Å². The summed E-state index contributed by atoms with van der Waals surface area (Å²) in [5, 5.41) is 5.75. The van der Waals surface area contributed by atoms with Crippen LogP contribution in [-0.2, 0) is 23.0 Å². The van der Waals surface area contributed by atoms with E-state index in [-0.39, 0.29) is 23.7 Å². The van der Waals surface area contributed by atoms with E-state index in [1.165, 1.54) is 6.26 Å². The highest BCUT2D eigenvalue weighted by molar-refractivity contribution is 6.03. The van der Waals surface area contributed by atoms with Crippen molar-refractivity contribution < 1.29 is 18.7 Å². The normalized spacial score (nSPS) is 16.2. The molecule has 8 heteroatoms. The molecule has 2 aromatic heterocycles. The third-order valence-electron chi connectivity index (χ3n) is 5.07. The number of fused-ring (bicyclic) bond motifs is 1. The number of benzene rings is 1. The Morgan fingerprint density at radius 1 is 1.31 bits per heavy atom. The molecule has 3 aromatic rings. The first-order valence-electron chi connectivity index (χ1n) is 9.81. The summed E-state index contributed by atoms with van der Waals surface area (Å²) >= 11 is 0. The standard InChI is InChI=1S/C21H24N4O4/c1-25-16-9-8-14(23-21(27)18-6-4-12-29-18)13-15(16)24-19(25)7-2-10-22-20(26)17-5-3-11-28-17/h4,6,8-9,12-13,17H,2-3,5,7,10-11H2,1H3,(H,22,26)(H,23,27)/t17-/m0/s1. The third kappa shape index (κ3) is 4.32. The Morgan fingerprint density at radius 3 is 2.97 bits per heavy atom. The lowest BCUT2D eigenvalue weighted by Crippen LogP contribution is -2.34. The molecule has 0 saturated carbocycles. The van der Waals surface area contributed by atoms with Crippen LogP contribution in [0, 0.1) is 0 Å². The van der Waals surface area contributed by atoms with Gasteiger partial charge in [-0.25, -0.2) is 4.98 Å². The fourth-order valence-corrected chi connectivity index (χ4v) is 3.51. The van der Waals surface area contributed by atoms with E-state index in [0.29, 0.717) is 18.8 Å². The van der Waals surface area contributed by atoms with Crippen molar-refractivity contribution in [3.63, 3.8) is 0 Å². The molecule has 3 heterocycles. The number of aromatic nitrogens is 2. The summed E-state index contributed by atoms with van der Waals surface area (Å²) in [6.07, 6.45) is 4.45. The van der Waals surface area contributed by atoms with Gasteiger partial charge in [-0.1, -0.05) is 0 Å². The molecule has 0 spiro atoms. The average Bonchev–Trinajstić information content (AvgIpc) is 3.47. The molecule has 8 nitrogen and oxygen atoms in total. The molecule has 1 aliphatic heterocycles. The van der Waals surface area contributed by atoms with Gasteiger partial charge in [-0.3, -0.25) is 9.59 Å². The van der Waals surface area contributed by atoms with Crippen LogP contribution >= 0.6 is 0 Å². The van der Waals surface area contributed by atoms with Crippen molar-refractivity contribution in [1.82, 2.24) is 14.9 Å². The molecule has 152 valence electrons. The van der Waals surface area contributed by atoms with Crippen LogP contribution in [0.1, 0.15) is 35.6 Å². The second-order valence-electron chi connectivity index (χ2n) is 7.12. The average molecular weight is 396 g/mol. The Labute approximate surface area is 168 Å². The highest BCUT2D eigenvalue weighted by Gasteiger charge is 2.22. The molecule has 0 bridgehead atoms. The topological polar surface area (TPSA) is 98.4 Å². The molecule has 1 saturated heterocycles. The van der Waals surface area contributed by atoms with Gasteiger partial charge >= 0.3 is 0 Å². The molecular formula is C21H24N4O4. The molecule has 29 heavy (non-hydrogen) atoms. The maximum Gasteiger partial charge on any atom is 0.291 e. The number of hydrogen-bond acceptors (Lipinski definition) is 5. The number of imidazole rings is 1. The Kier molecular flexibility index (Phi) is 5.62. The van der Waals surface area contributed by atoms with Crippen LogP contribution < -0.4 is 10.6 Å². The van der Waals surface area contributed by atoms with E-state index in [2.05, 4.69) is 15.6 Å². The summed E-state index contributed by atoms with van der Waals surface area (Å²) in [6, 6.07) is 8.91. The predicted molar refractivity (Wildman–Crippen MR) is 108 cm³/mol. The summed E-state index contributed by atoms with van der Waals surface area (Å²) < 4.78 is 12.5. The number of anilines is 1. The van der Waals surface area contributed by atoms with Crippen LogP contribution in [-0.4, -0.2) is 40.6 Å². The number of rotatable bonds is 7. The van der Waals surface area contributed by atoms with E-state index in [0.717, 1.165) is 42.5 Å². The van der Waals surface area contributed by atoms with Gasteiger partial charge in [0.1, 0.15) is 11.9 Å². The second-order valence-corrected chi connectivity index (χ2v) is 7.12. The largest absolute Gasteiger partial charge is 0.459 e. The van der Waals surface area contributed by atoms with Crippen molar-refractivity contribution in [2.75, 3.05) is 18.5 Å². The van der Waals surface area contributed by atoms with Gasteiger partial charge in [0.2, 0.25) is 5.91 Å². The third-order valence-corrected chi connectivity index (χ3v) is 5.07. The van der Waals surface area contributed by atoms with Crippen LogP contribution in [0.4, 0.5) is 5.69 Å². The fraction of sp³-hybridized carbons (Fsp3) is 0.381. The molecule has 1 aliphatic rings. The SMILES string of the molecule is Cn1c(CCCNC(=O)[C@@H]2CCCO2)nc2cc(NC(=O)c3ccco3)ccc21. The zero-order chi connectivity index (χ0) is 20.2. The number of nitrogens with one attached hydrogen (secondary N) is 2. The zero-order valence-electron chi connectivity index (χ0n) is 16.3. The van der Waals surface area contributed by atoms with Gasteiger partial charge in [0, 0.05) is 32.3 Å². The van der Waals surface area contributed by atoms with Gasteiger partial charge in [-0.15, -0.1) is 0 Å². The van der Waals surface area contributed by atoms with Gasteiger partial charge in [0.15, 0.2) is 5.76 Å². The fourth-order valence-electron chi connectivity index (χ4n) is 3.51. The molecule has 0 radical (unpaired) electrons. The predicted octanol–water partition coefficient (Wildman–Crippen LogP) is 2.65. The van der Waals surface area contributed by atoms with Crippen LogP contribution in [0.15, 0.2) is 41.0 Å². The maximum atomic E-state index is 12.1. The molecule has 0 unspecified atom stereocenters. The summed E-state index contributed by atoms with van der Waals surface area (Å²) in [7, 11) is 1.97. The van der Waals surface area contributed by atoms with E-state index < -0.39 is 0 Å². The first-order valence-corrected chi connectivity index (χ1v) is 9.81. The monoisotopic (exact) mass is 396 g/mol. The lowest BCUT2D eigenvalue weighted by atomic mass is 10.2. The molecule has 2 N–H and O–H groups in total. The first-order chi connectivity index (χ1) is 14.1. The summed E-state index contributed by atoms with van der Waals surface area (Å²) in [4.78, 5) is 28.8. The number of hydrogen-bond donors (Lipinski definition) is 2. The summed E-state index contributed by atoms with van der Waals surface area (Å²) in [5.74, 6) is 0.870. The van der Waals surface area contributed by atoms with Crippen molar-refractivity contribution in [3.8, 4) is 0 Å². The lowest BCUT2D eigenvalue weighted by molar-refractivity contribution is -0.130. The van der Waals surface area contributed by atoms with Gasteiger partial charge < -0.3 is 24.4 Å². The van der Waals surface area contributed by atoms with Gasteiger partial charge in [0.05, 0.1) is 17.3 Å². The molecular weight excluding hydrogens is 372 g/mol. The smallest absolute Gasteiger partial charge is 0.291 e. The van der Waals surface area contributed by atoms with Crippen molar-refractivity contribution in [1.29, 1.82) is 0 Å². The number of amides is 2. The molecule has 4 rings (SSSR count). The van der Waals surface area contributed by atoms with Gasteiger partial charge in [-0.2, -0.15) is 0 Å². The summed E-state index contributed by atoms with van der Waals surface area (Å²) in [6.45, 7) is 1.26. The maximum absolute atomic E-state index is 12.1. The van der Waals surface area contributed by atoms with Crippen LogP contribution in [0.25, 0.3) is 11.0 Å². The molecule has 1 aromatic carbocycles. The summed E-state index contributed by atoms with van der Waals surface area (Å²) in [5.41, 5.74) is 2.45. The molecule has 0 aliphatic carbocycles. The van der Waals surface area contributed by atoms with E-state index in [1.807, 2.05) is 29.8 Å². The second kappa shape index (κ2) is 8.48. The van der Waals surface area contributed by atoms with Crippen LogP contribution in [0.5, 0.6) is 0 Å². The van der Waals surface area contributed by atoms with Crippen LogP contribution in [0.2, 0.25) is 0 Å². The lowest BCUT2D eigenvalue weighted by Gasteiger charge is -2.10. The van der Waals surface area contributed by atoms with Gasteiger partial charge in [-0.05, 0) is 49.6 Å². The number of carbonyl (C=O) groups excluding carboxylic acids is 2. The Balaban J connectivity index is 1.35. The Hall–Kier alpha value is -3.13. The minimum absolute atomic E-state index is 0.0237. The van der Waals surface area contributed by atoms with E-state index in [1.54, 1.807) is 12.1 Å². The van der Waals surface area contributed by atoms with E-state index in [4.69, 9.17) is 9.15 Å². The number of aryl methyl sites for hydroxylation is 2. The van der Waals surface area contributed by atoms with E-state index >= 15 is 0 Å². The number of ether oxygens (including phenoxy) is 1. The highest BCUT2D eigenvalue weighted by Crippen LogP contribution is 2.21. The zero-order valence-corrected chi connectivity index (χ0v) is 16.3.